The summed E-state index contributed by atoms with van der Waals surface area (Å²) in [6, 6.07) is 5.45. The van der Waals surface area contributed by atoms with Crippen molar-refractivity contribution < 1.29 is 9.59 Å². The van der Waals surface area contributed by atoms with E-state index in [1.54, 1.807) is 12.3 Å². The Hall–Kier alpha value is -2.24. The average molecular weight is 204 g/mol. The monoisotopic (exact) mass is 204 g/mol. The number of amides is 2. The van der Waals surface area contributed by atoms with Crippen LogP contribution in [0.2, 0.25) is 0 Å². The van der Waals surface area contributed by atoms with Crippen LogP contribution in [0.15, 0.2) is 29.4 Å². The number of carbonyl (C=O) groups excluding carboxylic acids is 2. The second kappa shape index (κ2) is 3.87. The molecule has 0 spiro atoms. The maximum Gasteiger partial charge on any atom is 0.316 e. The van der Waals surface area contributed by atoms with E-state index in [9.17, 15) is 9.59 Å². The lowest BCUT2D eigenvalue weighted by Gasteiger charge is -1.96. The Kier molecular flexibility index (Phi) is 2.40. The van der Waals surface area contributed by atoms with Crippen molar-refractivity contribution in [2.45, 2.75) is 6.54 Å². The summed E-state index contributed by atoms with van der Waals surface area (Å²) in [4.78, 5) is 29.6. The minimum atomic E-state index is -0.685. The minimum Gasteiger partial charge on any atom is -0.288 e. The molecule has 1 aliphatic heterocycles. The lowest BCUT2D eigenvalue weighted by atomic mass is 10.3. The molecule has 0 atom stereocenters. The number of aromatic nitrogens is 1. The van der Waals surface area contributed by atoms with Crippen molar-refractivity contribution in [3.05, 3.63) is 30.1 Å². The van der Waals surface area contributed by atoms with Gasteiger partial charge in [-0.2, -0.15) is 0 Å². The number of hydrogen-bond acceptors (Lipinski definition) is 4. The fourth-order valence-electron chi connectivity index (χ4n) is 1.09. The first-order valence-electron chi connectivity index (χ1n) is 4.32. The predicted octanol–water partition coefficient (Wildman–Crippen LogP) is -0.816. The first-order chi connectivity index (χ1) is 7.25. The second-order valence-corrected chi connectivity index (χ2v) is 2.89. The molecule has 6 nitrogen and oxygen atoms in total. The van der Waals surface area contributed by atoms with Crippen molar-refractivity contribution in [3.8, 4) is 0 Å². The van der Waals surface area contributed by atoms with Crippen LogP contribution in [0.1, 0.15) is 5.69 Å². The third-order valence-electron chi connectivity index (χ3n) is 1.80. The van der Waals surface area contributed by atoms with E-state index in [1.807, 2.05) is 12.1 Å². The largest absolute Gasteiger partial charge is 0.316 e. The van der Waals surface area contributed by atoms with Crippen LogP contribution in [0.3, 0.4) is 0 Å². The fourth-order valence-corrected chi connectivity index (χ4v) is 1.09. The number of hydrogen-bond donors (Lipinski definition) is 2. The number of pyridine rings is 1. The van der Waals surface area contributed by atoms with Crippen molar-refractivity contribution in [2.75, 3.05) is 0 Å². The molecule has 0 aliphatic carbocycles. The molecule has 2 heterocycles. The molecule has 0 unspecified atom stereocenters. The quantitative estimate of drug-likeness (QED) is 0.617. The van der Waals surface area contributed by atoms with E-state index in [-0.39, 0.29) is 5.96 Å². The number of nitrogens with zero attached hydrogens (tertiary/aromatic N) is 2. The van der Waals surface area contributed by atoms with Crippen LogP contribution in [-0.2, 0) is 16.1 Å². The molecule has 0 bridgehead atoms. The Balaban J connectivity index is 2.02. The number of aliphatic imine (C=N–C) groups is 1. The SMILES string of the molecule is O=C1NC(=NCc2ccccn2)NC1=O. The highest BCUT2D eigenvalue weighted by atomic mass is 16.2. The van der Waals surface area contributed by atoms with Crippen molar-refractivity contribution in [2.24, 2.45) is 4.99 Å². The third-order valence-corrected chi connectivity index (χ3v) is 1.80. The van der Waals surface area contributed by atoms with Gasteiger partial charge in [0.2, 0.25) is 5.96 Å². The topological polar surface area (TPSA) is 83.4 Å². The van der Waals surface area contributed by atoms with E-state index < -0.39 is 11.8 Å². The van der Waals surface area contributed by atoms with Gasteiger partial charge in [0.05, 0.1) is 12.2 Å². The molecule has 2 rings (SSSR count). The van der Waals surface area contributed by atoms with Crippen molar-refractivity contribution in [3.63, 3.8) is 0 Å². The van der Waals surface area contributed by atoms with Gasteiger partial charge < -0.3 is 0 Å². The molecule has 76 valence electrons. The summed E-state index contributed by atoms with van der Waals surface area (Å²) in [6.07, 6.45) is 1.65. The summed E-state index contributed by atoms with van der Waals surface area (Å²) in [7, 11) is 0. The number of guanidine groups is 1. The Labute approximate surface area is 85.4 Å². The Morgan fingerprint density at radius 3 is 2.53 bits per heavy atom. The summed E-state index contributed by atoms with van der Waals surface area (Å²) in [5.41, 5.74) is 0.764. The highest BCUT2D eigenvalue weighted by molar-refractivity contribution is 6.45. The lowest BCUT2D eigenvalue weighted by Crippen LogP contribution is -2.25. The number of rotatable bonds is 2. The van der Waals surface area contributed by atoms with Gasteiger partial charge in [0.25, 0.3) is 0 Å². The second-order valence-electron chi connectivity index (χ2n) is 2.89. The maximum atomic E-state index is 10.8. The summed E-state index contributed by atoms with van der Waals surface area (Å²) in [5.74, 6) is -1.19. The standard InChI is InChI=1S/C9H8N4O2/c14-7-8(15)13-9(12-7)11-5-6-3-1-2-4-10-6/h1-4H,5H2,(H2,11,12,13,14,15). The highest BCUT2D eigenvalue weighted by Gasteiger charge is 2.24. The van der Waals surface area contributed by atoms with Gasteiger partial charge in [-0.1, -0.05) is 6.07 Å². The third kappa shape index (κ3) is 2.16. The Bertz CT molecular complexity index is 409. The van der Waals surface area contributed by atoms with Gasteiger partial charge in [-0.3, -0.25) is 25.2 Å². The summed E-state index contributed by atoms with van der Waals surface area (Å²) in [5, 5.41) is 4.59. The zero-order chi connectivity index (χ0) is 10.7. The van der Waals surface area contributed by atoms with Crippen LogP contribution in [0.4, 0.5) is 0 Å². The van der Waals surface area contributed by atoms with E-state index in [2.05, 4.69) is 20.6 Å². The minimum absolute atomic E-state index is 0.177. The molecule has 0 saturated carbocycles. The van der Waals surface area contributed by atoms with Crippen LogP contribution < -0.4 is 10.6 Å². The van der Waals surface area contributed by atoms with Crippen molar-refractivity contribution in [1.82, 2.24) is 15.6 Å². The van der Waals surface area contributed by atoms with Crippen molar-refractivity contribution >= 4 is 17.8 Å². The predicted molar refractivity (Wildman–Crippen MR) is 51.7 cm³/mol. The van der Waals surface area contributed by atoms with Gasteiger partial charge >= 0.3 is 11.8 Å². The smallest absolute Gasteiger partial charge is 0.288 e. The average Bonchev–Trinajstić information content (AvgIpc) is 2.57. The summed E-state index contributed by atoms with van der Waals surface area (Å²) >= 11 is 0. The zero-order valence-corrected chi connectivity index (χ0v) is 7.73. The van der Waals surface area contributed by atoms with Gasteiger partial charge in [0.1, 0.15) is 0 Å². The first kappa shape index (κ1) is 9.32. The van der Waals surface area contributed by atoms with E-state index in [4.69, 9.17) is 0 Å². The molecule has 15 heavy (non-hydrogen) atoms. The molecule has 1 aromatic heterocycles. The molecule has 0 aromatic carbocycles. The van der Waals surface area contributed by atoms with Gasteiger partial charge in [-0.25, -0.2) is 4.99 Å². The summed E-state index contributed by atoms with van der Waals surface area (Å²) in [6.45, 7) is 0.316. The molecule has 1 aliphatic rings. The highest BCUT2D eigenvalue weighted by Crippen LogP contribution is 1.96. The van der Waals surface area contributed by atoms with Crippen LogP contribution in [0.5, 0.6) is 0 Å². The Morgan fingerprint density at radius 2 is 1.93 bits per heavy atom. The number of nitrogens with one attached hydrogen (secondary N) is 2. The number of carbonyl (C=O) groups is 2. The van der Waals surface area contributed by atoms with Crippen LogP contribution in [0.25, 0.3) is 0 Å². The molecule has 1 fully saturated rings. The normalized spacial score (nSPS) is 14.8. The van der Waals surface area contributed by atoms with Gasteiger partial charge in [-0.05, 0) is 12.1 Å². The Morgan fingerprint density at radius 1 is 1.20 bits per heavy atom. The molecule has 2 N–H and O–H groups in total. The molecule has 6 heteroatoms. The summed E-state index contributed by atoms with van der Waals surface area (Å²) < 4.78 is 0. The van der Waals surface area contributed by atoms with Crippen LogP contribution in [0, 0.1) is 0 Å². The maximum absolute atomic E-state index is 10.8. The van der Waals surface area contributed by atoms with Crippen LogP contribution in [-0.4, -0.2) is 22.8 Å². The molecular formula is C9H8N4O2. The van der Waals surface area contributed by atoms with Gasteiger partial charge in [0.15, 0.2) is 0 Å². The molecule has 1 aromatic rings. The molecule has 0 radical (unpaired) electrons. The van der Waals surface area contributed by atoms with E-state index in [0.717, 1.165) is 5.69 Å². The lowest BCUT2D eigenvalue weighted by molar-refractivity contribution is -0.135. The molecule has 2 amide bonds. The van der Waals surface area contributed by atoms with Gasteiger partial charge in [0, 0.05) is 6.20 Å². The van der Waals surface area contributed by atoms with E-state index >= 15 is 0 Å². The van der Waals surface area contributed by atoms with Crippen LogP contribution >= 0.6 is 0 Å². The van der Waals surface area contributed by atoms with E-state index in [0.29, 0.717) is 6.54 Å². The first-order valence-corrected chi connectivity index (χ1v) is 4.32. The van der Waals surface area contributed by atoms with E-state index in [1.165, 1.54) is 0 Å². The zero-order valence-electron chi connectivity index (χ0n) is 7.73. The van der Waals surface area contributed by atoms with Gasteiger partial charge in [-0.15, -0.1) is 0 Å². The fraction of sp³-hybridized carbons (Fsp3) is 0.111. The molecular weight excluding hydrogens is 196 g/mol. The van der Waals surface area contributed by atoms with Crippen molar-refractivity contribution in [1.29, 1.82) is 0 Å². The molecule has 1 saturated heterocycles.